The second-order valence-corrected chi connectivity index (χ2v) is 8.07. The third kappa shape index (κ3) is 2.96. The van der Waals surface area contributed by atoms with E-state index in [4.69, 9.17) is 4.74 Å². The van der Waals surface area contributed by atoms with E-state index in [1.54, 1.807) is 20.8 Å². The summed E-state index contributed by atoms with van der Waals surface area (Å²) in [5, 5.41) is 1.95. The molecule has 0 aromatic heterocycles. The number of halogens is 1. The van der Waals surface area contributed by atoms with Gasteiger partial charge in [0.25, 0.3) is 5.91 Å². The van der Waals surface area contributed by atoms with Crippen LogP contribution in [0.15, 0.2) is 11.3 Å². The van der Waals surface area contributed by atoms with Crippen molar-refractivity contribution in [3.05, 3.63) is 11.3 Å². The molecule has 3 atom stereocenters. The molecule has 1 saturated heterocycles. The lowest BCUT2D eigenvalue weighted by molar-refractivity contribution is -0.158. The first-order valence-electron chi connectivity index (χ1n) is 6.62. The van der Waals surface area contributed by atoms with Gasteiger partial charge in [0.15, 0.2) is 0 Å². The summed E-state index contributed by atoms with van der Waals surface area (Å²) >= 11 is 3.25. The quantitative estimate of drug-likeness (QED) is 0.315. The molecule has 0 bridgehead atoms. The van der Waals surface area contributed by atoms with E-state index < -0.39 is 39.7 Å². The molecule has 0 spiro atoms. The lowest BCUT2D eigenvalue weighted by Gasteiger charge is -2.49. The van der Waals surface area contributed by atoms with Crippen molar-refractivity contribution in [2.75, 3.05) is 11.1 Å². The molecule has 0 unspecified atom stereocenters. The maximum Gasteiger partial charge on any atom is 0.355 e. The minimum absolute atomic E-state index is 0.130. The summed E-state index contributed by atoms with van der Waals surface area (Å²) in [7, 11) is -1.38. The number of rotatable bonds is 4. The number of β-lactam (4-membered cyclic amide) rings is 1. The molecule has 122 valence electrons. The molecule has 9 heteroatoms. The van der Waals surface area contributed by atoms with Gasteiger partial charge in [-0.3, -0.25) is 18.7 Å². The average molecular weight is 393 g/mol. The summed E-state index contributed by atoms with van der Waals surface area (Å²) in [5.41, 5.74) is -0.0193. The maximum absolute atomic E-state index is 12.4. The first-order valence-corrected chi connectivity index (χ1v) is 9.13. The number of esters is 1. The highest BCUT2D eigenvalue weighted by molar-refractivity contribution is 9.09. The van der Waals surface area contributed by atoms with E-state index in [1.807, 2.05) is 0 Å². The zero-order chi connectivity index (χ0) is 16.7. The largest absolute Gasteiger partial charge is 0.455 e. The summed E-state index contributed by atoms with van der Waals surface area (Å²) in [6.45, 7) is 5.19. The van der Waals surface area contributed by atoms with Gasteiger partial charge in [-0.15, -0.1) is 0 Å². The first-order chi connectivity index (χ1) is 10.2. The van der Waals surface area contributed by atoms with E-state index in [2.05, 4.69) is 21.2 Å². The van der Waals surface area contributed by atoms with Crippen molar-refractivity contribution in [1.29, 1.82) is 0 Å². The number of ether oxygens (including phenoxy) is 1. The van der Waals surface area contributed by atoms with Crippen LogP contribution in [0.2, 0.25) is 0 Å². The van der Waals surface area contributed by atoms with E-state index in [0.29, 0.717) is 17.3 Å². The summed E-state index contributed by atoms with van der Waals surface area (Å²) in [5.74, 6) is -0.920. The molecular formula is C13H17BrN2O5S. The van der Waals surface area contributed by atoms with Crippen LogP contribution in [-0.2, 0) is 29.9 Å². The normalized spacial score (nSPS) is 27.9. The van der Waals surface area contributed by atoms with Crippen LogP contribution < -0.4 is 5.32 Å². The lowest BCUT2D eigenvalue weighted by Crippen LogP contribution is -2.73. The van der Waals surface area contributed by atoms with Crippen LogP contribution >= 0.6 is 15.9 Å². The van der Waals surface area contributed by atoms with Crippen LogP contribution in [0, 0.1) is 0 Å². The van der Waals surface area contributed by atoms with E-state index in [-0.39, 0.29) is 11.4 Å². The lowest BCUT2D eigenvalue weighted by atomic mass is 10.0. The van der Waals surface area contributed by atoms with Gasteiger partial charge in [0.05, 0.1) is 16.6 Å². The van der Waals surface area contributed by atoms with Gasteiger partial charge >= 0.3 is 5.97 Å². The zero-order valence-corrected chi connectivity index (χ0v) is 14.8. The molecule has 0 saturated carbocycles. The van der Waals surface area contributed by atoms with Gasteiger partial charge in [-0.2, -0.15) is 0 Å². The molecule has 0 aliphatic carbocycles. The molecule has 2 aliphatic rings. The first kappa shape index (κ1) is 17.1. The molecule has 1 N–H and O–H groups in total. The molecule has 2 amide bonds. The molecule has 22 heavy (non-hydrogen) atoms. The van der Waals surface area contributed by atoms with Crippen molar-refractivity contribution in [2.45, 2.75) is 37.8 Å². The second kappa shape index (κ2) is 6.11. The molecule has 1 fully saturated rings. The number of nitrogens with one attached hydrogen (secondary N) is 1. The van der Waals surface area contributed by atoms with Gasteiger partial charge in [0, 0.05) is 5.33 Å². The monoisotopic (exact) mass is 392 g/mol. The Kier molecular flexibility index (Phi) is 4.76. The van der Waals surface area contributed by atoms with Gasteiger partial charge in [-0.1, -0.05) is 15.9 Å². The standard InChI is InChI=1S/C13H17BrN2O5S/c1-13(2,3)21-12(19)9-7(4-14)5-22(20)11-8(15-6-17)10(18)16(9)11/h6,8,11H,4-5H2,1-3H3,(H,15,17)/t8-,11-,22+/m1/s1. The fourth-order valence-corrected chi connectivity index (χ4v) is 4.79. The van der Waals surface area contributed by atoms with Crippen molar-refractivity contribution >= 4 is 45.0 Å². The Hall–Kier alpha value is -1.22. The minimum Gasteiger partial charge on any atom is -0.455 e. The Balaban J connectivity index is 2.37. The van der Waals surface area contributed by atoms with Crippen molar-refractivity contribution in [2.24, 2.45) is 0 Å². The fraction of sp³-hybridized carbons (Fsp3) is 0.615. The Bertz CT molecular complexity index is 583. The van der Waals surface area contributed by atoms with E-state index in [9.17, 15) is 18.6 Å². The number of carbonyl (C=O) groups excluding carboxylic acids is 3. The van der Waals surface area contributed by atoms with Crippen molar-refractivity contribution in [3.8, 4) is 0 Å². The van der Waals surface area contributed by atoms with Crippen molar-refractivity contribution in [1.82, 2.24) is 10.2 Å². The molecule has 7 nitrogen and oxygen atoms in total. The molecule has 0 aromatic rings. The Morgan fingerprint density at radius 2 is 2.18 bits per heavy atom. The molecule has 0 aromatic carbocycles. The van der Waals surface area contributed by atoms with Gasteiger partial charge in [0.1, 0.15) is 22.7 Å². The summed E-state index contributed by atoms with van der Waals surface area (Å²) in [4.78, 5) is 36.3. The highest BCUT2D eigenvalue weighted by atomic mass is 79.9. The smallest absolute Gasteiger partial charge is 0.355 e. The zero-order valence-electron chi connectivity index (χ0n) is 12.4. The highest BCUT2D eigenvalue weighted by Gasteiger charge is 2.56. The summed E-state index contributed by atoms with van der Waals surface area (Å²) in [6.07, 6.45) is 0.397. The van der Waals surface area contributed by atoms with Crippen LogP contribution in [-0.4, -0.2) is 55.5 Å². The van der Waals surface area contributed by atoms with Crippen LogP contribution in [0.4, 0.5) is 0 Å². The number of alkyl halides is 1. The van der Waals surface area contributed by atoms with Gasteiger partial charge in [0.2, 0.25) is 6.41 Å². The number of hydrogen-bond donors (Lipinski definition) is 1. The maximum atomic E-state index is 12.4. The fourth-order valence-electron chi connectivity index (χ4n) is 2.36. The van der Waals surface area contributed by atoms with Crippen molar-refractivity contribution < 1.29 is 23.3 Å². The molecule has 2 heterocycles. The minimum atomic E-state index is -1.38. The van der Waals surface area contributed by atoms with Crippen molar-refractivity contribution in [3.63, 3.8) is 0 Å². The summed E-state index contributed by atoms with van der Waals surface area (Å²) < 4.78 is 17.6. The Morgan fingerprint density at radius 3 is 2.68 bits per heavy atom. The number of amides is 2. The SMILES string of the molecule is CC(C)(C)OC(=O)C1=C(CBr)C[S@](=O)[C@@H]2[C@H](NC=O)C(=O)N12. The van der Waals surface area contributed by atoms with E-state index >= 15 is 0 Å². The average Bonchev–Trinajstić information content (AvgIpc) is 2.41. The number of fused-ring (bicyclic) bond motifs is 1. The molecule has 2 aliphatic heterocycles. The molecular weight excluding hydrogens is 376 g/mol. The van der Waals surface area contributed by atoms with Gasteiger partial charge in [-0.25, -0.2) is 4.79 Å². The predicted molar refractivity (Wildman–Crippen MR) is 83.3 cm³/mol. The molecule has 2 rings (SSSR count). The van der Waals surface area contributed by atoms with Crippen LogP contribution in [0.1, 0.15) is 20.8 Å². The van der Waals surface area contributed by atoms with Gasteiger partial charge in [-0.05, 0) is 26.3 Å². The third-order valence-corrected chi connectivity index (χ3v) is 5.54. The van der Waals surface area contributed by atoms with Gasteiger partial charge < -0.3 is 10.1 Å². The summed E-state index contributed by atoms with van der Waals surface area (Å²) in [6, 6.07) is -0.854. The number of hydrogen-bond acceptors (Lipinski definition) is 5. The van der Waals surface area contributed by atoms with E-state index in [1.165, 1.54) is 4.90 Å². The Labute approximate surface area is 139 Å². The van der Waals surface area contributed by atoms with E-state index in [0.717, 1.165) is 0 Å². The molecule has 0 radical (unpaired) electrons. The number of carbonyl (C=O) groups is 3. The third-order valence-electron chi connectivity index (χ3n) is 3.21. The Morgan fingerprint density at radius 1 is 1.55 bits per heavy atom. The number of nitrogens with zero attached hydrogens (tertiary/aromatic N) is 1. The van der Waals surface area contributed by atoms with Crippen LogP contribution in [0.3, 0.4) is 0 Å². The topological polar surface area (TPSA) is 92.8 Å². The predicted octanol–water partition coefficient (Wildman–Crippen LogP) is 0.0223. The van der Waals surface area contributed by atoms with Crippen LogP contribution in [0.5, 0.6) is 0 Å². The highest BCUT2D eigenvalue weighted by Crippen LogP contribution is 2.36. The second-order valence-electron chi connectivity index (χ2n) is 5.97. The van der Waals surface area contributed by atoms with Crippen LogP contribution in [0.25, 0.3) is 0 Å².